The van der Waals surface area contributed by atoms with Crippen LogP contribution in [0.3, 0.4) is 0 Å². The van der Waals surface area contributed by atoms with E-state index in [0.717, 1.165) is 25.2 Å². The molecule has 0 spiro atoms. The molecule has 2 heteroatoms. The molecule has 1 aliphatic heterocycles. The first kappa shape index (κ1) is 12.4. The predicted octanol–water partition coefficient (Wildman–Crippen LogP) is 3.76. The zero-order chi connectivity index (χ0) is 13.1. The highest BCUT2D eigenvalue weighted by Gasteiger charge is 2.19. The second-order valence-corrected chi connectivity index (χ2v) is 5.66. The van der Waals surface area contributed by atoms with Crippen molar-refractivity contribution >= 4 is 0 Å². The molecule has 0 radical (unpaired) electrons. The molecule has 2 nitrogen and oxygen atoms in total. The van der Waals surface area contributed by atoms with E-state index in [1.165, 1.54) is 43.2 Å². The molecule has 1 aliphatic carbocycles. The maximum atomic E-state index is 8.94. The molecule has 0 atom stereocenters. The zero-order valence-electron chi connectivity index (χ0n) is 11.4. The van der Waals surface area contributed by atoms with Crippen LogP contribution in [0.15, 0.2) is 29.8 Å². The lowest BCUT2D eigenvalue weighted by Crippen LogP contribution is -2.18. The van der Waals surface area contributed by atoms with Crippen molar-refractivity contribution in [3.63, 3.8) is 0 Å². The summed E-state index contributed by atoms with van der Waals surface area (Å²) in [6, 6.07) is 8.33. The summed E-state index contributed by atoms with van der Waals surface area (Å²) in [7, 11) is 0. The van der Waals surface area contributed by atoms with Gasteiger partial charge in [0.25, 0.3) is 0 Å². The monoisotopic (exact) mass is 252 g/mol. The molecular formula is C17H20N2. The number of nitrogens with zero attached hydrogens (tertiary/aromatic N) is 2. The fourth-order valence-electron chi connectivity index (χ4n) is 3.13. The molecule has 98 valence electrons. The first-order chi connectivity index (χ1) is 9.35. The van der Waals surface area contributed by atoms with Gasteiger partial charge in [-0.15, -0.1) is 0 Å². The van der Waals surface area contributed by atoms with Gasteiger partial charge in [0.2, 0.25) is 0 Å². The molecule has 1 aromatic rings. The molecule has 1 aromatic carbocycles. The van der Waals surface area contributed by atoms with Gasteiger partial charge in [-0.25, -0.2) is 0 Å². The average Bonchev–Trinajstić information content (AvgIpc) is 2.88. The molecule has 3 rings (SSSR count). The first-order valence-electron chi connectivity index (χ1n) is 7.27. The van der Waals surface area contributed by atoms with Gasteiger partial charge in [0, 0.05) is 19.6 Å². The van der Waals surface area contributed by atoms with Gasteiger partial charge >= 0.3 is 0 Å². The second kappa shape index (κ2) is 5.59. The van der Waals surface area contributed by atoms with Crippen molar-refractivity contribution in [1.29, 1.82) is 5.26 Å². The van der Waals surface area contributed by atoms with Crippen molar-refractivity contribution < 1.29 is 0 Å². The quantitative estimate of drug-likeness (QED) is 0.766. The maximum Gasteiger partial charge on any atom is 0.0991 e. The van der Waals surface area contributed by atoms with Crippen LogP contribution in [0.1, 0.15) is 48.8 Å². The Bertz CT molecular complexity index is 537. The van der Waals surface area contributed by atoms with E-state index in [-0.39, 0.29) is 0 Å². The summed E-state index contributed by atoms with van der Waals surface area (Å²) in [5, 5.41) is 8.94. The van der Waals surface area contributed by atoms with Crippen LogP contribution in [0.25, 0.3) is 0 Å². The highest BCUT2D eigenvalue weighted by molar-refractivity contribution is 5.39. The molecule has 0 saturated heterocycles. The lowest BCUT2D eigenvalue weighted by Gasteiger charge is -2.18. The summed E-state index contributed by atoms with van der Waals surface area (Å²) in [5.41, 5.74) is 5.18. The Morgan fingerprint density at radius 1 is 1.16 bits per heavy atom. The Balaban J connectivity index is 1.58. The second-order valence-electron chi connectivity index (χ2n) is 5.66. The van der Waals surface area contributed by atoms with Gasteiger partial charge in [0.15, 0.2) is 0 Å². The molecule has 0 amide bonds. The van der Waals surface area contributed by atoms with Gasteiger partial charge in [-0.3, -0.25) is 4.90 Å². The number of hydrogen-bond acceptors (Lipinski definition) is 2. The van der Waals surface area contributed by atoms with Gasteiger partial charge in [-0.05, 0) is 55.4 Å². The first-order valence-corrected chi connectivity index (χ1v) is 7.27. The smallest absolute Gasteiger partial charge is 0.0991 e. The van der Waals surface area contributed by atoms with Crippen molar-refractivity contribution in [2.24, 2.45) is 0 Å². The number of allylic oxidation sites excluding steroid dienone is 1. The number of hydrogen-bond donors (Lipinski definition) is 0. The van der Waals surface area contributed by atoms with Gasteiger partial charge in [-0.2, -0.15) is 5.26 Å². The van der Waals surface area contributed by atoms with Crippen LogP contribution >= 0.6 is 0 Å². The molecule has 0 unspecified atom stereocenters. The lowest BCUT2D eigenvalue weighted by molar-refractivity contribution is 0.286. The third-order valence-corrected chi connectivity index (χ3v) is 4.26. The third-order valence-electron chi connectivity index (χ3n) is 4.26. The Labute approximate surface area is 115 Å². The molecule has 1 heterocycles. The Kier molecular flexibility index (Phi) is 3.66. The van der Waals surface area contributed by atoms with Gasteiger partial charge in [-0.1, -0.05) is 17.7 Å². The molecule has 0 bridgehead atoms. The molecule has 0 saturated carbocycles. The van der Waals surface area contributed by atoms with Crippen LogP contribution in [-0.4, -0.2) is 11.4 Å². The minimum atomic E-state index is 0.788. The number of benzene rings is 1. The fraction of sp³-hybridized carbons (Fsp3) is 0.471. The molecule has 0 fully saturated rings. The van der Waals surface area contributed by atoms with Crippen molar-refractivity contribution in [2.75, 3.05) is 6.54 Å². The van der Waals surface area contributed by atoms with Crippen molar-refractivity contribution in [1.82, 2.24) is 4.90 Å². The predicted molar refractivity (Wildman–Crippen MR) is 76.4 cm³/mol. The van der Waals surface area contributed by atoms with Gasteiger partial charge in [0.1, 0.15) is 0 Å². The highest BCUT2D eigenvalue weighted by atomic mass is 15.1. The molecule has 2 aliphatic rings. The number of fused-ring (bicyclic) bond motifs is 1. The van der Waals surface area contributed by atoms with Gasteiger partial charge in [0.05, 0.1) is 11.6 Å². The summed E-state index contributed by atoms with van der Waals surface area (Å²) in [4.78, 5) is 2.50. The molecule has 0 aromatic heterocycles. The summed E-state index contributed by atoms with van der Waals surface area (Å²) < 4.78 is 0. The Morgan fingerprint density at radius 3 is 2.84 bits per heavy atom. The zero-order valence-corrected chi connectivity index (χ0v) is 11.4. The van der Waals surface area contributed by atoms with Gasteiger partial charge < -0.3 is 0 Å². The molecular weight excluding hydrogens is 232 g/mol. The SMILES string of the molecule is N#Cc1ccc2c(c1)CN(CCC1=CCCCC1)C2. The summed E-state index contributed by atoms with van der Waals surface area (Å²) in [6.07, 6.45) is 8.99. The van der Waals surface area contributed by atoms with Crippen molar-refractivity contribution in [2.45, 2.75) is 45.2 Å². The van der Waals surface area contributed by atoms with E-state index >= 15 is 0 Å². The van der Waals surface area contributed by atoms with Crippen LogP contribution in [0, 0.1) is 11.3 Å². The van der Waals surface area contributed by atoms with Crippen LogP contribution in [0.2, 0.25) is 0 Å². The molecule has 0 N–H and O–H groups in total. The number of nitriles is 1. The van der Waals surface area contributed by atoms with Crippen LogP contribution < -0.4 is 0 Å². The Hall–Kier alpha value is -1.59. The number of rotatable bonds is 3. The average molecular weight is 252 g/mol. The van der Waals surface area contributed by atoms with Crippen molar-refractivity contribution in [3.8, 4) is 6.07 Å². The van der Waals surface area contributed by atoms with Crippen molar-refractivity contribution in [3.05, 3.63) is 46.5 Å². The van der Waals surface area contributed by atoms with E-state index < -0.39 is 0 Å². The summed E-state index contributed by atoms with van der Waals surface area (Å²) in [6.45, 7) is 3.22. The van der Waals surface area contributed by atoms with E-state index in [2.05, 4.69) is 29.2 Å². The topological polar surface area (TPSA) is 27.0 Å². The minimum absolute atomic E-state index is 0.788. The standard InChI is InChI=1S/C17H20N2/c18-11-15-6-7-16-12-19(13-17(16)10-15)9-8-14-4-2-1-3-5-14/h4,6-7,10H,1-3,5,8-9,12-13H2. The maximum absolute atomic E-state index is 8.94. The minimum Gasteiger partial charge on any atom is -0.294 e. The lowest BCUT2D eigenvalue weighted by atomic mass is 9.97. The van der Waals surface area contributed by atoms with Crippen LogP contribution in [-0.2, 0) is 13.1 Å². The van der Waals surface area contributed by atoms with Crippen LogP contribution in [0.4, 0.5) is 0 Å². The van der Waals surface area contributed by atoms with E-state index in [1.54, 1.807) is 5.57 Å². The van der Waals surface area contributed by atoms with E-state index in [9.17, 15) is 0 Å². The largest absolute Gasteiger partial charge is 0.294 e. The Morgan fingerprint density at radius 2 is 2.05 bits per heavy atom. The highest BCUT2D eigenvalue weighted by Crippen LogP contribution is 2.26. The van der Waals surface area contributed by atoms with Crippen LogP contribution in [0.5, 0.6) is 0 Å². The van der Waals surface area contributed by atoms with E-state index in [0.29, 0.717) is 0 Å². The summed E-state index contributed by atoms with van der Waals surface area (Å²) in [5.74, 6) is 0. The van der Waals surface area contributed by atoms with E-state index in [4.69, 9.17) is 5.26 Å². The normalized spacial score (nSPS) is 18.8. The summed E-state index contributed by atoms with van der Waals surface area (Å²) >= 11 is 0. The third kappa shape index (κ3) is 2.88. The molecule has 19 heavy (non-hydrogen) atoms. The fourth-order valence-corrected chi connectivity index (χ4v) is 3.13. The van der Waals surface area contributed by atoms with E-state index in [1.807, 2.05) is 6.07 Å².